The second-order valence-electron chi connectivity index (χ2n) is 6.07. The molecule has 0 saturated heterocycles. The molecule has 1 heterocycles. The fourth-order valence-corrected chi connectivity index (χ4v) is 3.41. The number of nitrogens with one attached hydrogen (secondary N) is 1. The van der Waals surface area contributed by atoms with Gasteiger partial charge in [-0.05, 0) is 36.8 Å². The number of hydrogen-bond donors (Lipinski definition) is 1. The van der Waals surface area contributed by atoms with E-state index >= 15 is 0 Å². The highest BCUT2D eigenvalue weighted by Crippen LogP contribution is 2.25. The smallest absolute Gasteiger partial charge is 0.0589 e. The summed E-state index contributed by atoms with van der Waals surface area (Å²) in [5, 5.41) is 3.59. The standard InChI is InChI=1S/C18H30N2O/c1-4-17(5-2)20(10-11-21-3)14-15-12-16-8-6-7-9-18(16)19-13-15/h6-9,15,17,19H,4-5,10-14H2,1-3H3. The van der Waals surface area contributed by atoms with Crippen LogP contribution < -0.4 is 5.32 Å². The maximum absolute atomic E-state index is 5.30. The molecular weight excluding hydrogens is 260 g/mol. The molecule has 0 fully saturated rings. The molecule has 21 heavy (non-hydrogen) atoms. The van der Waals surface area contributed by atoms with Crippen molar-refractivity contribution in [3.8, 4) is 0 Å². The van der Waals surface area contributed by atoms with Crippen molar-refractivity contribution in [3.63, 3.8) is 0 Å². The summed E-state index contributed by atoms with van der Waals surface area (Å²) >= 11 is 0. The van der Waals surface area contributed by atoms with Gasteiger partial charge in [-0.25, -0.2) is 0 Å². The van der Waals surface area contributed by atoms with Gasteiger partial charge in [-0.15, -0.1) is 0 Å². The van der Waals surface area contributed by atoms with Crippen LogP contribution in [0.4, 0.5) is 5.69 Å². The molecule has 1 aliphatic rings. The second kappa shape index (κ2) is 8.40. The number of benzene rings is 1. The Kier molecular flexibility index (Phi) is 6.52. The largest absolute Gasteiger partial charge is 0.384 e. The van der Waals surface area contributed by atoms with Gasteiger partial charge in [0.1, 0.15) is 0 Å². The van der Waals surface area contributed by atoms with Gasteiger partial charge in [0.05, 0.1) is 6.61 Å². The van der Waals surface area contributed by atoms with E-state index in [1.54, 1.807) is 7.11 Å². The van der Waals surface area contributed by atoms with Crippen LogP contribution in [0.5, 0.6) is 0 Å². The Morgan fingerprint density at radius 1 is 1.29 bits per heavy atom. The first-order valence-electron chi connectivity index (χ1n) is 8.33. The van der Waals surface area contributed by atoms with Gasteiger partial charge in [0.2, 0.25) is 0 Å². The number of anilines is 1. The monoisotopic (exact) mass is 290 g/mol. The summed E-state index contributed by atoms with van der Waals surface area (Å²) in [5.74, 6) is 0.692. The van der Waals surface area contributed by atoms with Gasteiger partial charge in [-0.3, -0.25) is 4.90 Å². The van der Waals surface area contributed by atoms with Crippen LogP contribution in [-0.4, -0.2) is 44.3 Å². The molecule has 0 saturated carbocycles. The average molecular weight is 290 g/mol. The van der Waals surface area contributed by atoms with Crippen LogP contribution in [0, 0.1) is 5.92 Å². The molecule has 1 aromatic carbocycles. The quantitative estimate of drug-likeness (QED) is 0.794. The molecule has 0 bridgehead atoms. The van der Waals surface area contributed by atoms with Crippen molar-refractivity contribution in [2.75, 3.05) is 38.7 Å². The minimum absolute atomic E-state index is 0.678. The number of nitrogens with zero attached hydrogens (tertiary/aromatic N) is 1. The minimum atomic E-state index is 0.678. The third-order valence-electron chi connectivity index (χ3n) is 4.64. The molecule has 1 atom stereocenters. The fourth-order valence-electron chi connectivity index (χ4n) is 3.41. The van der Waals surface area contributed by atoms with Crippen LogP contribution in [0.15, 0.2) is 24.3 Å². The van der Waals surface area contributed by atoms with Crippen molar-refractivity contribution >= 4 is 5.69 Å². The van der Waals surface area contributed by atoms with E-state index in [0.717, 1.165) is 26.2 Å². The first kappa shape index (κ1) is 16.3. The highest BCUT2D eigenvalue weighted by Gasteiger charge is 2.23. The number of rotatable bonds is 8. The van der Waals surface area contributed by atoms with Crippen LogP contribution in [0.3, 0.4) is 0 Å². The fraction of sp³-hybridized carbons (Fsp3) is 0.667. The lowest BCUT2D eigenvalue weighted by Gasteiger charge is -2.35. The summed E-state index contributed by atoms with van der Waals surface area (Å²) in [6, 6.07) is 9.38. The van der Waals surface area contributed by atoms with Gasteiger partial charge in [-0.2, -0.15) is 0 Å². The molecule has 3 nitrogen and oxygen atoms in total. The summed E-state index contributed by atoms with van der Waals surface area (Å²) in [4.78, 5) is 2.63. The van der Waals surface area contributed by atoms with E-state index in [0.29, 0.717) is 12.0 Å². The lowest BCUT2D eigenvalue weighted by molar-refractivity contribution is 0.102. The van der Waals surface area contributed by atoms with E-state index < -0.39 is 0 Å². The molecule has 1 unspecified atom stereocenters. The highest BCUT2D eigenvalue weighted by atomic mass is 16.5. The minimum Gasteiger partial charge on any atom is -0.384 e. The molecule has 1 aliphatic heterocycles. The molecular formula is C18H30N2O. The topological polar surface area (TPSA) is 24.5 Å². The molecule has 1 N–H and O–H groups in total. The molecule has 0 amide bonds. The highest BCUT2D eigenvalue weighted by molar-refractivity contribution is 5.53. The van der Waals surface area contributed by atoms with E-state index in [1.807, 2.05) is 0 Å². The zero-order valence-electron chi connectivity index (χ0n) is 13.8. The Morgan fingerprint density at radius 3 is 2.76 bits per heavy atom. The van der Waals surface area contributed by atoms with Gasteiger partial charge < -0.3 is 10.1 Å². The van der Waals surface area contributed by atoms with E-state index in [9.17, 15) is 0 Å². The zero-order chi connectivity index (χ0) is 15.1. The summed E-state index contributed by atoms with van der Waals surface area (Å²) in [6.07, 6.45) is 3.63. The molecule has 0 aliphatic carbocycles. The van der Waals surface area contributed by atoms with Crippen LogP contribution in [0.25, 0.3) is 0 Å². The summed E-state index contributed by atoms with van der Waals surface area (Å²) in [6.45, 7) is 8.71. The summed E-state index contributed by atoms with van der Waals surface area (Å²) in [7, 11) is 1.80. The van der Waals surface area contributed by atoms with E-state index in [-0.39, 0.29) is 0 Å². The predicted molar refractivity (Wildman–Crippen MR) is 89.9 cm³/mol. The second-order valence-corrected chi connectivity index (χ2v) is 6.07. The van der Waals surface area contributed by atoms with Crippen LogP contribution in [0.1, 0.15) is 32.3 Å². The molecule has 2 rings (SSSR count). The van der Waals surface area contributed by atoms with Crippen molar-refractivity contribution in [3.05, 3.63) is 29.8 Å². The Hall–Kier alpha value is -1.06. The SMILES string of the molecule is CCC(CC)N(CCOC)CC1CNc2ccccc2C1. The number of hydrogen-bond acceptors (Lipinski definition) is 3. The normalized spacial score (nSPS) is 17.9. The van der Waals surface area contributed by atoms with Gasteiger partial charge in [0, 0.05) is 38.5 Å². The van der Waals surface area contributed by atoms with Crippen molar-refractivity contribution in [1.82, 2.24) is 4.90 Å². The Morgan fingerprint density at radius 2 is 2.05 bits per heavy atom. The molecule has 0 spiro atoms. The number of para-hydroxylation sites is 1. The van der Waals surface area contributed by atoms with Crippen LogP contribution in [-0.2, 0) is 11.2 Å². The van der Waals surface area contributed by atoms with Crippen molar-refractivity contribution < 1.29 is 4.74 Å². The number of fused-ring (bicyclic) bond motifs is 1. The molecule has 0 radical (unpaired) electrons. The van der Waals surface area contributed by atoms with Crippen LogP contribution >= 0.6 is 0 Å². The third kappa shape index (κ3) is 4.45. The maximum atomic E-state index is 5.30. The molecule has 1 aromatic rings. The molecule has 118 valence electrons. The van der Waals surface area contributed by atoms with Gasteiger partial charge in [0.25, 0.3) is 0 Å². The van der Waals surface area contributed by atoms with E-state index in [4.69, 9.17) is 4.74 Å². The van der Waals surface area contributed by atoms with Gasteiger partial charge >= 0.3 is 0 Å². The Balaban J connectivity index is 1.97. The summed E-state index contributed by atoms with van der Waals surface area (Å²) in [5.41, 5.74) is 2.78. The van der Waals surface area contributed by atoms with E-state index in [2.05, 4.69) is 48.3 Å². The third-order valence-corrected chi connectivity index (χ3v) is 4.64. The Labute approximate surface area is 129 Å². The van der Waals surface area contributed by atoms with Crippen molar-refractivity contribution in [1.29, 1.82) is 0 Å². The summed E-state index contributed by atoms with van der Waals surface area (Å²) < 4.78 is 5.30. The predicted octanol–water partition coefficient (Wildman–Crippen LogP) is 3.41. The van der Waals surface area contributed by atoms with Crippen LogP contribution in [0.2, 0.25) is 0 Å². The van der Waals surface area contributed by atoms with Gasteiger partial charge in [0.15, 0.2) is 0 Å². The average Bonchev–Trinajstić information content (AvgIpc) is 2.53. The van der Waals surface area contributed by atoms with Crippen molar-refractivity contribution in [2.45, 2.75) is 39.2 Å². The molecule has 0 aromatic heterocycles. The maximum Gasteiger partial charge on any atom is 0.0589 e. The van der Waals surface area contributed by atoms with Crippen molar-refractivity contribution in [2.24, 2.45) is 5.92 Å². The number of ether oxygens (including phenoxy) is 1. The molecule has 3 heteroatoms. The first-order valence-corrected chi connectivity index (χ1v) is 8.33. The Bertz CT molecular complexity index is 417. The van der Waals surface area contributed by atoms with E-state index in [1.165, 1.54) is 30.5 Å². The zero-order valence-corrected chi connectivity index (χ0v) is 13.8. The first-order chi connectivity index (χ1) is 10.3. The van der Waals surface area contributed by atoms with Gasteiger partial charge in [-0.1, -0.05) is 32.0 Å². The number of methoxy groups -OCH3 is 1. The lowest BCUT2D eigenvalue weighted by atomic mass is 9.93. The lowest BCUT2D eigenvalue weighted by Crippen LogP contribution is -2.43.